The van der Waals surface area contributed by atoms with Gasteiger partial charge in [0, 0.05) is 23.2 Å². The molecule has 1 fully saturated rings. The number of carbonyl (C=O) groups excluding carboxylic acids is 1. The second-order valence-corrected chi connectivity index (χ2v) is 3.99. The van der Waals surface area contributed by atoms with Gasteiger partial charge in [0.2, 0.25) is 0 Å². The summed E-state index contributed by atoms with van der Waals surface area (Å²) in [5.74, 6) is 0. The van der Waals surface area contributed by atoms with E-state index in [-0.39, 0.29) is 0 Å². The van der Waals surface area contributed by atoms with E-state index < -0.39 is 0 Å². The van der Waals surface area contributed by atoms with E-state index in [1.807, 2.05) is 18.2 Å². The highest BCUT2D eigenvalue weighted by Crippen LogP contribution is 2.28. The van der Waals surface area contributed by atoms with Crippen molar-refractivity contribution < 1.29 is 4.79 Å². The number of carbonyl (C=O) groups is 1. The maximum Gasteiger partial charge on any atom is 0.153 e. The second-order valence-electron chi connectivity index (χ2n) is 3.13. The average Bonchev–Trinajstić information content (AvgIpc) is 2.01. The summed E-state index contributed by atoms with van der Waals surface area (Å²) < 4.78 is 0.881. The summed E-state index contributed by atoms with van der Waals surface area (Å²) in [7, 11) is 0. The van der Waals surface area contributed by atoms with Gasteiger partial charge in [0.25, 0.3) is 0 Å². The van der Waals surface area contributed by atoms with Crippen LogP contribution in [-0.2, 0) is 0 Å². The Morgan fingerprint density at radius 3 is 2.69 bits per heavy atom. The maximum atomic E-state index is 10.8. The summed E-state index contributed by atoms with van der Waals surface area (Å²) in [5, 5.41) is 0. The van der Waals surface area contributed by atoms with E-state index in [9.17, 15) is 4.79 Å². The standard InChI is InChI=1S/C10H10BrNO/c11-9-3-1-4-10(8(9)7-13)12-5-2-6-12/h1,3-4,7H,2,5-6H2. The van der Waals surface area contributed by atoms with Crippen molar-refractivity contribution in [2.24, 2.45) is 0 Å². The van der Waals surface area contributed by atoms with Gasteiger partial charge in [0.05, 0.1) is 5.56 Å². The minimum Gasteiger partial charge on any atom is -0.371 e. The van der Waals surface area contributed by atoms with Crippen LogP contribution in [0.3, 0.4) is 0 Å². The molecule has 68 valence electrons. The van der Waals surface area contributed by atoms with Crippen molar-refractivity contribution in [1.82, 2.24) is 0 Å². The molecule has 2 nitrogen and oxygen atoms in total. The zero-order valence-corrected chi connectivity index (χ0v) is 8.75. The fourth-order valence-electron chi connectivity index (χ4n) is 1.48. The summed E-state index contributed by atoms with van der Waals surface area (Å²) in [4.78, 5) is 13.1. The topological polar surface area (TPSA) is 20.3 Å². The van der Waals surface area contributed by atoms with Crippen molar-refractivity contribution >= 4 is 27.9 Å². The first kappa shape index (κ1) is 8.75. The lowest BCUT2D eigenvalue weighted by Crippen LogP contribution is -2.37. The Bertz CT molecular complexity index is 334. The van der Waals surface area contributed by atoms with Crippen molar-refractivity contribution in [3.05, 3.63) is 28.2 Å². The van der Waals surface area contributed by atoms with E-state index in [1.165, 1.54) is 6.42 Å². The molecule has 1 saturated heterocycles. The van der Waals surface area contributed by atoms with Crippen molar-refractivity contribution in [3.8, 4) is 0 Å². The first-order valence-electron chi connectivity index (χ1n) is 4.31. The maximum absolute atomic E-state index is 10.8. The van der Waals surface area contributed by atoms with Gasteiger partial charge in [-0.3, -0.25) is 4.79 Å². The van der Waals surface area contributed by atoms with Crippen LogP contribution in [0, 0.1) is 0 Å². The first-order chi connectivity index (χ1) is 6.33. The van der Waals surface area contributed by atoms with Crippen LogP contribution < -0.4 is 4.90 Å². The summed E-state index contributed by atoms with van der Waals surface area (Å²) in [6.07, 6.45) is 2.14. The second kappa shape index (κ2) is 3.50. The van der Waals surface area contributed by atoms with E-state index in [1.54, 1.807) is 0 Å². The van der Waals surface area contributed by atoms with Crippen LogP contribution in [0.4, 0.5) is 5.69 Å². The number of anilines is 1. The van der Waals surface area contributed by atoms with E-state index in [0.29, 0.717) is 0 Å². The largest absolute Gasteiger partial charge is 0.371 e. The molecule has 0 aliphatic carbocycles. The molecule has 1 aromatic rings. The fourth-order valence-corrected chi connectivity index (χ4v) is 1.92. The fraction of sp³-hybridized carbons (Fsp3) is 0.300. The Balaban J connectivity index is 2.42. The predicted octanol–water partition coefficient (Wildman–Crippen LogP) is 2.47. The van der Waals surface area contributed by atoms with Crippen molar-refractivity contribution in [1.29, 1.82) is 0 Å². The molecule has 0 N–H and O–H groups in total. The number of hydrogen-bond donors (Lipinski definition) is 0. The molecule has 0 saturated carbocycles. The van der Waals surface area contributed by atoms with Crippen LogP contribution in [0.25, 0.3) is 0 Å². The third kappa shape index (κ3) is 1.48. The van der Waals surface area contributed by atoms with Crippen LogP contribution in [0.5, 0.6) is 0 Å². The van der Waals surface area contributed by atoms with Crippen molar-refractivity contribution in [2.45, 2.75) is 6.42 Å². The normalized spacial score (nSPS) is 15.3. The molecule has 1 aromatic carbocycles. The highest BCUT2D eigenvalue weighted by atomic mass is 79.9. The van der Waals surface area contributed by atoms with Crippen LogP contribution >= 0.6 is 15.9 Å². The molecule has 0 radical (unpaired) electrons. The quantitative estimate of drug-likeness (QED) is 0.740. The van der Waals surface area contributed by atoms with E-state index in [0.717, 1.165) is 35.1 Å². The Hall–Kier alpha value is -0.830. The number of aldehydes is 1. The zero-order valence-electron chi connectivity index (χ0n) is 7.16. The molecule has 0 amide bonds. The van der Waals surface area contributed by atoms with Gasteiger partial charge in [-0.2, -0.15) is 0 Å². The Kier molecular flexibility index (Phi) is 2.36. The minimum atomic E-state index is 0.766. The number of hydrogen-bond acceptors (Lipinski definition) is 2. The van der Waals surface area contributed by atoms with Gasteiger partial charge in [0.1, 0.15) is 0 Å². The van der Waals surface area contributed by atoms with Crippen LogP contribution in [0.1, 0.15) is 16.8 Å². The molecule has 1 aliphatic rings. The van der Waals surface area contributed by atoms with Gasteiger partial charge >= 0.3 is 0 Å². The lowest BCUT2D eigenvalue weighted by molar-refractivity contribution is 0.112. The summed E-state index contributed by atoms with van der Waals surface area (Å²) >= 11 is 3.37. The highest BCUT2D eigenvalue weighted by molar-refractivity contribution is 9.10. The monoisotopic (exact) mass is 239 g/mol. The third-order valence-electron chi connectivity index (χ3n) is 2.34. The first-order valence-corrected chi connectivity index (χ1v) is 5.11. The molecule has 0 unspecified atom stereocenters. The lowest BCUT2D eigenvalue weighted by Gasteiger charge is -2.34. The summed E-state index contributed by atoms with van der Waals surface area (Å²) in [6, 6.07) is 5.85. The number of rotatable bonds is 2. The SMILES string of the molecule is O=Cc1c(Br)cccc1N1CCC1. The minimum absolute atomic E-state index is 0.766. The Labute approximate surface area is 85.7 Å². The molecule has 1 aliphatic heterocycles. The van der Waals surface area contributed by atoms with E-state index in [4.69, 9.17) is 0 Å². The molecule has 13 heavy (non-hydrogen) atoms. The van der Waals surface area contributed by atoms with Gasteiger partial charge in [-0.1, -0.05) is 6.07 Å². The molecule has 0 bridgehead atoms. The molecule has 3 heteroatoms. The molecule has 2 rings (SSSR count). The van der Waals surface area contributed by atoms with Crippen LogP contribution in [-0.4, -0.2) is 19.4 Å². The van der Waals surface area contributed by atoms with Gasteiger partial charge in [-0.05, 0) is 34.5 Å². The van der Waals surface area contributed by atoms with Crippen molar-refractivity contribution in [3.63, 3.8) is 0 Å². The van der Waals surface area contributed by atoms with E-state index in [2.05, 4.69) is 20.8 Å². The lowest BCUT2D eigenvalue weighted by atomic mass is 10.1. The molecule has 0 aromatic heterocycles. The van der Waals surface area contributed by atoms with Gasteiger partial charge < -0.3 is 4.90 Å². The zero-order chi connectivity index (χ0) is 9.26. The Morgan fingerprint density at radius 2 is 2.15 bits per heavy atom. The van der Waals surface area contributed by atoms with Crippen LogP contribution in [0.15, 0.2) is 22.7 Å². The van der Waals surface area contributed by atoms with Gasteiger partial charge in [-0.15, -0.1) is 0 Å². The number of nitrogens with zero attached hydrogens (tertiary/aromatic N) is 1. The number of benzene rings is 1. The average molecular weight is 240 g/mol. The van der Waals surface area contributed by atoms with Gasteiger partial charge in [-0.25, -0.2) is 0 Å². The number of halogens is 1. The molecule has 0 spiro atoms. The molecule has 0 atom stereocenters. The van der Waals surface area contributed by atoms with E-state index >= 15 is 0 Å². The smallest absolute Gasteiger partial charge is 0.153 e. The van der Waals surface area contributed by atoms with Crippen molar-refractivity contribution in [2.75, 3.05) is 18.0 Å². The summed E-state index contributed by atoms with van der Waals surface area (Å²) in [6.45, 7) is 2.13. The molecular weight excluding hydrogens is 230 g/mol. The third-order valence-corrected chi connectivity index (χ3v) is 3.04. The Morgan fingerprint density at radius 1 is 1.38 bits per heavy atom. The highest BCUT2D eigenvalue weighted by Gasteiger charge is 2.18. The van der Waals surface area contributed by atoms with Crippen LogP contribution in [0.2, 0.25) is 0 Å². The molecular formula is C10H10BrNO. The van der Waals surface area contributed by atoms with Gasteiger partial charge in [0.15, 0.2) is 6.29 Å². The summed E-state index contributed by atoms with van der Waals surface area (Å²) in [5.41, 5.74) is 1.82. The molecule has 1 heterocycles. The predicted molar refractivity (Wildman–Crippen MR) is 56.4 cm³/mol.